The van der Waals surface area contributed by atoms with Crippen molar-refractivity contribution in [3.8, 4) is 0 Å². The first-order chi connectivity index (χ1) is 8.65. The third kappa shape index (κ3) is 2.76. The molecule has 2 rings (SSSR count). The lowest BCUT2D eigenvalue weighted by Crippen LogP contribution is -2.44. The molecule has 1 aromatic rings. The Balaban J connectivity index is 2.16. The van der Waals surface area contributed by atoms with Crippen LogP contribution in [0.4, 0.5) is 5.82 Å². The molecule has 0 saturated carbocycles. The molecule has 1 aliphatic heterocycles. The Morgan fingerprint density at radius 3 is 3.00 bits per heavy atom. The van der Waals surface area contributed by atoms with E-state index >= 15 is 0 Å². The summed E-state index contributed by atoms with van der Waals surface area (Å²) >= 11 is 6.27. The van der Waals surface area contributed by atoms with Crippen LogP contribution in [0.15, 0.2) is 12.3 Å². The van der Waals surface area contributed by atoms with Crippen LogP contribution >= 0.6 is 11.6 Å². The minimum absolute atomic E-state index is 0.241. The summed E-state index contributed by atoms with van der Waals surface area (Å²) in [4.78, 5) is 6.62. The number of nitrogens with two attached hydrogens (primary N) is 1. The van der Waals surface area contributed by atoms with Gasteiger partial charge in [-0.25, -0.2) is 4.98 Å². The lowest BCUT2D eigenvalue weighted by Gasteiger charge is -2.37. The summed E-state index contributed by atoms with van der Waals surface area (Å²) in [6, 6.07) is 1.89. The van der Waals surface area contributed by atoms with Crippen LogP contribution in [0.3, 0.4) is 0 Å². The van der Waals surface area contributed by atoms with Gasteiger partial charge in [-0.15, -0.1) is 0 Å². The molecule has 1 fully saturated rings. The number of methoxy groups -OCH3 is 1. The second-order valence-electron chi connectivity index (χ2n) is 4.84. The molecule has 18 heavy (non-hydrogen) atoms. The molecule has 5 heteroatoms. The molecule has 1 saturated heterocycles. The highest BCUT2D eigenvalue weighted by Gasteiger charge is 2.27. The van der Waals surface area contributed by atoms with Crippen LogP contribution in [0.1, 0.15) is 18.9 Å². The van der Waals surface area contributed by atoms with Crippen molar-refractivity contribution in [1.29, 1.82) is 0 Å². The van der Waals surface area contributed by atoms with E-state index < -0.39 is 0 Å². The van der Waals surface area contributed by atoms with Gasteiger partial charge in [-0.1, -0.05) is 18.5 Å². The fourth-order valence-electron chi connectivity index (χ4n) is 2.35. The molecule has 0 aliphatic carbocycles. The number of rotatable bonds is 3. The minimum atomic E-state index is 0.241. The fraction of sp³-hybridized carbons (Fsp3) is 0.615. The molecule has 0 amide bonds. The van der Waals surface area contributed by atoms with E-state index in [0.29, 0.717) is 17.5 Å². The van der Waals surface area contributed by atoms with Crippen LogP contribution in [0.25, 0.3) is 0 Å². The second kappa shape index (κ2) is 5.87. The SMILES string of the molecule is COC1CN(c2ncc(CN)cc2Cl)CCC1C. The van der Waals surface area contributed by atoms with Gasteiger partial charge in [-0.3, -0.25) is 0 Å². The molecule has 1 aliphatic rings. The third-order valence-corrected chi connectivity index (χ3v) is 3.88. The van der Waals surface area contributed by atoms with Gasteiger partial charge < -0.3 is 15.4 Å². The first-order valence-corrected chi connectivity index (χ1v) is 6.65. The molecule has 0 spiro atoms. The molecule has 2 unspecified atom stereocenters. The molecule has 2 N–H and O–H groups in total. The van der Waals surface area contributed by atoms with Gasteiger partial charge >= 0.3 is 0 Å². The van der Waals surface area contributed by atoms with Crippen LogP contribution in [-0.2, 0) is 11.3 Å². The number of hydrogen-bond donors (Lipinski definition) is 1. The van der Waals surface area contributed by atoms with Gasteiger partial charge in [0.25, 0.3) is 0 Å². The average Bonchev–Trinajstić information content (AvgIpc) is 2.39. The Kier molecular flexibility index (Phi) is 4.43. The zero-order chi connectivity index (χ0) is 13.1. The first-order valence-electron chi connectivity index (χ1n) is 6.28. The van der Waals surface area contributed by atoms with Crippen molar-refractivity contribution in [1.82, 2.24) is 4.98 Å². The Bertz CT molecular complexity index is 413. The van der Waals surface area contributed by atoms with E-state index in [0.717, 1.165) is 30.9 Å². The van der Waals surface area contributed by atoms with Gasteiger partial charge in [0.05, 0.1) is 11.1 Å². The van der Waals surface area contributed by atoms with Gasteiger partial charge in [0.2, 0.25) is 0 Å². The molecule has 0 bridgehead atoms. The van der Waals surface area contributed by atoms with Crippen LogP contribution in [0, 0.1) is 5.92 Å². The summed E-state index contributed by atoms with van der Waals surface area (Å²) < 4.78 is 5.51. The average molecular weight is 270 g/mol. The maximum Gasteiger partial charge on any atom is 0.147 e. The third-order valence-electron chi connectivity index (χ3n) is 3.61. The Morgan fingerprint density at radius 2 is 2.39 bits per heavy atom. The van der Waals surface area contributed by atoms with E-state index in [-0.39, 0.29) is 6.10 Å². The Morgan fingerprint density at radius 1 is 1.61 bits per heavy atom. The highest BCUT2D eigenvalue weighted by atomic mass is 35.5. The Labute approximate surface area is 113 Å². The lowest BCUT2D eigenvalue weighted by atomic mass is 9.96. The van der Waals surface area contributed by atoms with Crippen LogP contribution in [0.2, 0.25) is 5.02 Å². The lowest BCUT2D eigenvalue weighted by molar-refractivity contribution is 0.0496. The number of aromatic nitrogens is 1. The number of anilines is 1. The number of halogens is 1. The normalized spacial score (nSPS) is 24.3. The van der Waals surface area contributed by atoms with Crippen molar-refractivity contribution < 1.29 is 4.74 Å². The topological polar surface area (TPSA) is 51.4 Å². The van der Waals surface area contributed by atoms with Gasteiger partial charge in [0.15, 0.2) is 0 Å². The maximum absolute atomic E-state index is 6.27. The maximum atomic E-state index is 6.27. The van der Waals surface area contributed by atoms with E-state index in [2.05, 4.69) is 16.8 Å². The van der Waals surface area contributed by atoms with Gasteiger partial charge in [0, 0.05) is 32.9 Å². The molecular formula is C13H20ClN3O. The van der Waals surface area contributed by atoms with Gasteiger partial charge in [-0.05, 0) is 24.0 Å². The monoisotopic (exact) mass is 269 g/mol. The molecular weight excluding hydrogens is 250 g/mol. The molecule has 2 heterocycles. The zero-order valence-electron chi connectivity index (χ0n) is 10.9. The fourth-order valence-corrected chi connectivity index (χ4v) is 2.66. The van der Waals surface area contributed by atoms with E-state index in [1.165, 1.54) is 0 Å². The van der Waals surface area contributed by atoms with Crippen molar-refractivity contribution >= 4 is 17.4 Å². The number of pyridine rings is 1. The molecule has 100 valence electrons. The van der Waals surface area contributed by atoms with E-state index in [9.17, 15) is 0 Å². The standard InChI is InChI=1S/C13H20ClN3O/c1-9-3-4-17(8-12(9)18-2)13-11(14)5-10(6-15)7-16-13/h5,7,9,12H,3-4,6,8,15H2,1-2H3. The molecule has 1 aromatic heterocycles. The van der Waals surface area contributed by atoms with Gasteiger partial charge in [-0.2, -0.15) is 0 Å². The highest BCUT2D eigenvalue weighted by Crippen LogP contribution is 2.29. The molecule has 4 nitrogen and oxygen atoms in total. The minimum Gasteiger partial charge on any atom is -0.379 e. The van der Waals surface area contributed by atoms with Crippen LogP contribution in [-0.4, -0.2) is 31.3 Å². The van der Waals surface area contributed by atoms with Crippen LogP contribution in [0.5, 0.6) is 0 Å². The van der Waals surface area contributed by atoms with Crippen molar-refractivity contribution in [2.75, 3.05) is 25.1 Å². The van der Waals surface area contributed by atoms with Crippen molar-refractivity contribution in [3.63, 3.8) is 0 Å². The summed E-state index contributed by atoms with van der Waals surface area (Å²) in [5.41, 5.74) is 6.53. The molecule has 0 aromatic carbocycles. The largest absolute Gasteiger partial charge is 0.379 e. The van der Waals surface area contributed by atoms with Crippen molar-refractivity contribution in [2.45, 2.75) is 26.0 Å². The molecule has 2 atom stereocenters. The smallest absolute Gasteiger partial charge is 0.147 e. The first kappa shape index (κ1) is 13.6. The van der Waals surface area contributed by atoms with Crippen molar-refractivity contribution in [2.24, 2.45) is 11.7 Å². The predicted octanol–water partition coefficient (Wildman–Crippen LogP) is 2.05. The van der Waals surface area contributed by atoms with E-state index in [1.807, 2.05) is 6.07 Å². The second-order valence-corrected chi connectivity index (χ2v) is 5.25. The summed E-state index contributed by atoms with van der Waals surface area (Å²) in [5, 5.41) is 0.669. The summed E-state index contributed by atoms with van der Waals surface area (Å²) in [6.45, 7) is 4.49. The van der Waals surface area contributed by atoms with Crippen molar-refractivity contribution in [3.05, 3.63) is 22.8 Å². The number of ether oxygens (including phenoxy) is 1. The molecule has 0 radical (unpaired) electrons. The number of hydrogen-bond acceptors (Lipinski definition) is 4. The summed E-state index contributed by atoms with van der Waals surface area (Å²) in [5.74, 6) is 1.41. The van der Waals surface area contributed by atoms with E-state index in [1.54, 1.807) is 13.3 Å². The van der Waals surface area contributed by atoms with Crippen LogP contribution < -0.4 is 10.6 Å². The zero-order valence-corrected chi connectivity index (χ0v) is 11.7. The highest BCUT2D eigenvalue weighted by molar-refractivity contribution is 6.33. The quantitative estimate of drug-likeness (QED) is 0.913. The predicted molar refractivity (Wildman–Crippen MR) is 73.9 cm³/mol. The number of piperidine rings is 1. The Hall–Kier alpha value is -0.840. The summed E-state index contributed by atoms with van der Waals surface area (Å²) in [6.07, 6.45) is 3.13. The summed E-state index contributed by atoms with van der Waals surface area (Å²) in [7, 11) is 1.76. The van der Waals surface area contributed by atoms with Gasteiger partial charge in [0.1, 0.15) is 5.82 Å². The van der Waals surface area contributed by atoms with E-state index in [4.69, 9.17) is 22.1 Å². The number of nitrogens with zero attached hydrogens (tertiary/aromatic N) is 2.